The first-order valence-corrected chi connectivity index (χ1v) is 29.0. The van der Waals surface area contributed by atoms with E-state index in [1.54, 1.807) is 226 Å². The highest BCUT2D eigenvalue weighted by Crippen LogP contribution is 2.90. The normalized spacial score (nSPS) is 21.9. The predicted octanol–water partition coefficient (Wildman–Crippen LogP) is 16.9. The minimum absolute atomic E-state index is 0.181. The lowest BCUT2D eigenvalue weighted by Gasteiger charge is -2.29. The summed E-state index contributed by atoms with van der Waals surface area (Å²) in [6.45, 7) is 0.269. The predicted molar refractivity (Wildman–Crippen MR) is 303 cm³/mol. The maximum atomic E-state index is 16.4. The van der Waals surface area contributed by atoms with Crippen LogP contribution in [0.4, 0.5) is 4.79 Å². The lowest BCUT2D eigenvalue weighted by Crippen LogP contribution is -2.42. The van der Waals surface area contributed by atoms with E-state index in [0.717, 1.165) is 0 Å². The summed E-state index contributed by atoms with van der Waals surface area (Å²) in [7, 11) is 2.13. The fourth-order valence-electron chi connectivity index (χ4n) is 25.3. The summed E-state index contributed by atoms with van der Waals surface area (Å²) < 4.78 is 24.5. The summed E-state index contributed by atoms with van der Waals surface area (Å²) in [5.41, 5.74) is 4.34. The van der Waals surface area contributed by atoms with Gasteiger partial charge in [0.05, 0.1) is 6.61 Å². The van der Waals surface area contributed by atoms with Crippen LogP contribution in [0.3, 0.4) is 0 Å². The van der Waals surface area contributed by atoms with Crippen LogP contribution in [0.25, 0.3) is 291 Å². The largest absolute Gasteiger partial charge is 0.500 e. The van der Waals surface area contributed by atoms with E-state index in [4.69, 9.17) is 18.0 Å². The number of carbonyl (C=O) groups is 1. The van der Waals surface area contributed by atoms with Crippen molar-refractivity contribution >= 4 is 306 Å². The molecule has 7 heteroatoms. The molecule has 0 aromatic heterocycles. The van der Waals surface area contributed by atoms with E-state index in [1.165, 1.54) is 108 Å². The Balaban J connectivity index is 1.01. The van der Waals surface area contributed by atoms with Crippen molar-refractivity contribution in [1.82, 2.24) is 4.90 Å². The highest BCUT2D eigenvalue weighted by Gasteiger charge is 2.88. The molecular formula is C67H15NO5Si. The molecule has 0 N–H and O–H groups in total. The standard InChI is InChI=1S/C67H15NO5Si/c1-70-74(71-2,72-3)6-4-5-73-65(69)68-66-61-53-45-35-25-17-9-7-8-11-15-13(9)21-29-23(15)33-27-19(11)20-12(8)16-14-10(7)18(17)26-32-22(14)30-24(16)34-28(20)38-37(27)47-41(33)51-43(29)49(39(45)31(21)25)57(61)59(51)63-55(47)56-48(38)42(34)52-44(30)50-40(32)46(36(26)35)54(53)62(66)58(50)60(52)64(56)67(63,66)68/h4-6H2,1-3H3. The van der Waals surface area contributed by atoms with E-state index < -0.39 is 19.9 Å². The third-order valence-corrected chi connectivity index (χ3v) is 28.6. The Bertz CT molecular complexity index is 6750. The molecule has 28 aromatic carbocycles. The molecule has 0 radical (unpaired) electrons. The van der Waals surface area contributed by atoms with Crippen LogP contribution >= 0.6 is 0 Å². The second kappa shape index (κ2) is 6.82. The van der Waals surface area contributed by atoms with Crippen molar-refractivity contribution < 1.29 is 22.8 Å². The van der Waals surface area contributed by atoms with E-state index in [2.05, 4.69) is 4.90 Å². The minimum atomic E-state index is -2.90. The van der Waals surface area contributed by atoms with Crippen LogP contribution in [-0.4, -0.2) is 47.7 Å². The van der Waals surface area contributed by atoms with Crippen molar-refractivity contribution in [2.24, 2.45) is 0 Å². The second-order valence-electron chi connectivity index (χ2n) is 26.0. The van der Waals surface area contributed by atoms with Crippen LogP contribution in [0.15, 0.2) is 0 Å². The zero-order chi connectivity index (χ0) is 45.1. The lowest BCUT2D eigenvalue weighted by molar-refractivity contribution is 0.108. The van der Waals surface area contributed by atoms with Gasteiger partial charge in [-0.3, -0.25) is 4.90 Å². The van der Waals surface area contributed by atoms with Crippen molar-refractivity contribution in [2.45, 2.75) is 23.5 Å². The van der Waals surface area contributed by atoms with E-state index in [1.807, 2.05) is 0 Å². The molecule has 0 saturated carbocycles. The van der Waals surface area contributed by atoms with Crippen LogP contribution in [0, 0.1) is 0 Å². The molecule has 74 heavy (non-hydrogen) atoms. The summed E-state index contributed by atoms with van der Waals surface area (Å²) in [6.07, 6.45) is 0.415. The van der Waals surface area contributed by atoms with Crippen molar-refractivity contribution in [1.29, 1.82) is 0 Å². The fourth-order valence-corrected chi connectivity index (χ4v) is 27.0. The lowest BCUT2D eigenvalue weighted by atomic mass is 9.68. The van der Waals surface area contributed by atoms with Gasteiger partial charge in [-0.05, 0) is 297 Å². The molecule has 1 heterocycles. The Labute approximate surface area is 405 Å². The Hall–Kier alpha value is -8.17. The molecule has 2 spiro atoms. The summed E-state index contributed by atoms with van der Waals surface area (Å²) >= 11 is 0. The van der Waals surface area contributed by atoms with E-state index in [-0.39, 0.29) is 12.7 Å². The van der Waals surface area contributed by atoms with Crippen LogP contribution in [0.2, 0.25) is 6.04 Å². The van der Waals surface area contributed by atoms with E-state index in [0.29, 0.717) is 12.5 Å². The van der Waals surface area contributed by atoms with Crippen LogP contribution in [-0.2, 0) is 29.1 Å². The summed E-state index contributed by atoms with van der Waals surface area (Å²) in [5, 5.41) is 83.9. The average Bonchev–Trinajstić information content (AvgIpc) is 3.16. The minimum Gasteiger partial charge on any atom is -0.449 e. The molecule has 1 amide bonds. The van der Waals surface area contributed by atoms with Gasteiger partial charge in [-0.15, -0.1) is 0 Å². The van der Waals surface area contributed by atoms with Crippen LogP contribution in [0.1, 0.15) is 28.7 Å². The number of nitrogens with zero attached hydrogens (tertiary/aromatic N) is 1. The van der Waals surface area contributed by atoms with Crippen molar-refractivity contribution in [3.63, 3.8) is 0 Å². The maximum absolute atomic E-state index is 16.4. The third-order valence-electron chi connectivity index (χ3n) is 25.8. The first-order chi connectivity index (χ1) is 36.7. The van der Waals surface area contributed by atoms with Crippen molar-refractivity contribution in [3.8, 4) is 0 Å². The monoisotopic (exact) mass is 941 g/mol. The molecule has 0 atom stereocenters. The smallest absolute Gasteiger partial charge is 0.449 e. The number of ether oxygens (including phenoxy) is 1. The molecule has 0 unspecified atom stereocenters. The number of hydrogen-bond acceptors (Lipinski definition) is 5. The van der Waals surface area contributed by atoms with Gasteiger partial charge >= 0.3 is 14.9 Å². The highest BCUT2D eigenvalue weighted by molar-refractivity contribution is 6.82. The summed E-state index contributed by atoms with van der Waals surface area (Å²) in [5.74, 6) is 0. The molecule has 5 aliphatic rings. The molecule has 322 valence electrons. The molecule has 4 aliphatic carbocycles. The second-order valence-corrected chi connectivity index (χ2v) is 29.1. The SMILES string of the molecule is CO[Si](CCCOC(=O)N1C23c4c5c6c7c8c9c(c%10c%11c2c2c4c4c%12c5c5c6c6c8c8c%13c9c9c%10c%10c%11c%11c2c2c4c4c%12c%12c5c5c6c8c6c8c%13c9c9c%10c%10c%11c2c2c4c4c%12c5c6c5c8c9c%10c2c45)C713)(OC)OC. The number of benzene rings is 18. The van der Waals surface area contributed by atoms with Gasteiger partial charge in [-0.2, -0.15) is 0 Å². The topological polar surface area (TPSA) is 57.0 Å². The molecular weight excluding hydrogens is 927 g/mol. The van der Waals surface area contributed by atoms with E-state index >= 15 is 4.79 Å². The number of hydrogen-bond donors (Lipinski definition) is 0. The van der Waals surface area contributed by atoms with Crippen LogP contribution in [0.5, 0.6) is 0 Å². The molecule has 6 nitrogen and oxygen atoms in total. The van der Waals surface area contributed by atoms with Gasteiger partial charge in [0.2, 0.25) is 0 Å². The highest BCUT2D eigenvalue weighted by atomic mass is 28.4. The molecule has 0 bridgehead atoms. The Morgan fingerprint density at radius 3 is 0.622 bits per heavy atom. The van der Waals surface area contributed by atoms with Crippen molar-refractivity contribution in [2.75, 3.05) is 27.9 Å². The first-order valence-electron chi connectivity index (χ1n) is 27.1. The Kier molecular flexibility index (Phi) is 2.72. The summed E-state index contributed by atoms with van der Waals surface area (Å²) in [6, 6.07) is 0.571. The number of carbonyl (C=O) groups excluding carboxylic acids is 1. The third kappa shape index (κ3) is 1.61. The van der Waals surface area contributed by atoms with Gasteiger partial charge in [-0.1, -0.05) is 0 Å². The van der Waals surface area contributed by atoms with Crippen LogP contribution < -0.4 is 0 Å². The molecule has 33 rings (SSSR count). The van der Waals surface area contributed by atoms with Crippen molar-refractivity contribution in [3.05, 3.63) is 22.3 Å². The fraction of sp³-hybridized carbons (Fsp3) is 0.119. The van der Waals surface area contributed by atoms with Gasteiger partial charge in [0, 0.05) is 49.6 Å². The molecule has 1 saturated heterocycles. The number of amides is 1. The Morgan fingerprint density at radius 1 is 0.297 bits per heavy atom. The molecule has 1 fully saturated rings. The van der Waals surface area contributed by atoms with E-state index in [9.17, 15) is 0 Å². The zero-order valence-corrected chi connectivity index (χ0v) is 39.6. The average molecular weight is 942 g/mol. The van der Waals surface area contributed by atoms with Gasteiger partial charge in [0.1, 0.15) is 11.1 Å². The maximum Gasteiger partial charge on any atom is 0.500 e. The first kappa shape index (κ1) is 29.5. The van der Waals surface area contributed by atoms with Gasteiger partial charge in [0.25, 0.3) is 0 Å². The van der Waals surface area contributed by atoms with Gasteiger partial charge in [0.15, 0.2) is 0 Å². The van der Waals surface area contributed by atoms with Gasteiger partial charge in [-0.25, -0.2) is 4.79 Å². The molecule has 1 aliphatic heterocycles. The van der Waals surface area contributed by atoms with Gasteiger partial charge < -0.3 is 18.0 Å². The Morgan fingerprint density at radius 2 is 0.459 bits per heavy atom. The zero-order valence-electron chi connectivity index (χ0n) is 38.6. The summed E-state index contributed by atoms with van der Waals surface area (Å²) in [4.78, 5) is 18.9. The number of rotatable bonds is 7. The molecule has 28 aromatic rings. The quantitative estimate of drug-likeness (QED) is 0.0690.